The lowest BCUT2D eigenvalue weighted by atomic mass is 9.97. The van der Waals surface area contributed by atoms with E-state index in [4.69, 9.17) is 5.73 Å². The monoisotopic (exact) mass is 844 g/mol. The van der Waals surface area contributed by atoms with E-state index >= 15 is 0 Å². The van der Waals surface area contributed by atoms with Gasteiger partial charge in [-0.25, -0.2) is 9.78 Å². The number of thioether (sulfide) groups is 1. The number of hydrogen-bond acceptors (Lipinski definition) is 12. The zero-order valence-corrected chi connectivity index (χ0v) is 34.2. The normalized spacial score (nSPS) is 16.6. The maximum absolute atomic E-state index is 14.2. The van der Waals surface area contributed by atoms with Gasteiger partial charge in [-0.1, -0.05) is 50.6 Å². The van der Waals surface area contributed by atoms with E-state index in [0.717, 1.165) is 0 Å². The first-order valence-corrected chi connectivity index (χ1v) is 20.7. The quantitative estimate of drug-likeness (QED) is 0.0526. The van der Waals surface area contributed by atoms with Crippen LogP contribution in [0.25, 0.3) is 0 Å². The molecule has 324 valence electrons. The van der Waals surface area contributed by atoms with Gasteiger partial charge in [0.1, 0.15) is 36.3 Å². The SMILES string of the molecule is CC[C@H](C)[C@H](NC(=O)[C@H](CO)NC(=O)CNC(=O)[C@H](CCSC)NC(=O)CN)C(=O)N[C@@H](Cc1cnc[nH]1)C(=O)N1CCC[C@H]1C(=O)N[C@@H](Cc1ccccc1)C(=O)O. The van der Waals surface area contributed by atoms with Gasteiger partial charge in [-0.3, -0.25) is 33.6 Å². The number of nitrogens with two attached hydrogens (primary N) is 1. The summed E-state index contributed by atoms with van der Waals surface area (Å²) in [6.45, 7) is 1.83. The molecule has 7 atom stereocenters. The Bertz CT molecular complexity index is 1730. The lowest BCUT2D eigenvalue weighted by Gasteiger charge is -2.31. The van der Waals surface area contributed by atoms with Crippen LogP contribution in [0.1, 0.15) is 50.8 Å². The van der Waals surface area contributed by atoms with E-state index < -0.39 is 103 Å². The Morgan fingerprint density at radius 3 is 2.24 bits per heavy atom. The first-order chi connectivity index (χ1) is 28.2. The third-order valence-electron chi connectivity index (χ3n) is 9.83. The summed E-state index contributed by atoms with van der Waals surface area (Å²) in [5, 5.41) is 35.0. The number of H-pyrrole nitrogens is 1. The second-order valence-corrected chi connectivity index (χ2v) is 15.1. The van der Waals surface area contributed by atoms with E-state index in [9.17, 15) is 48.6 Å². The molecule has 7 amide bonds. The summed E-state index contributed by atoms with van der Waals surface area (Å²) >= 11 is 1.45. The van der Waals surface area contributed by atoms with Crippen molar-refractivity contribution in [2.75, 3.05) is 38.2 Å². The highest BCUT2D eigenvalue weighted by molar-refractivity contribution is 7.98. The fourth-order valence-corrected chi connectivity index (χ4v) is 6.81. The molecule has 2 heterocycles. The van der Waals surface area contributed by atoms with Gasteiger partial charge in [0.2, 0.25) is 41.4 Å². The number of carbonyl (C=O) groups is 8. The van der Waals surface area contributed by atoms with Crippen molar-refractivity contribution in [1.82, 2.24) is 46.8 Å². The fourth-order valence-electron chi connectivity index (χ4n) is 6.34. The van der Waals surface area contributed by atoms with Gasteiger partial charge < -0.3 is 57.7 Å². The number of aliphatic hydroxyl groups excluding tert-OH is 1. The molecule has 1 aliphatic rings. The van der Waals surface area contributed by atoms with Crippen LogP contribution in [-0.4, -0.2) is 147 Å². The highest BCUT2D eigenvalue weighted by Gasteiger charge is 2.40. The number of likely N-dealkylation sites (tertiary alicyclic amines) is 1. The van der Waals surface area contributed by atoms with Crippen molar-refractivity contribution in [3.8, 4) is 0 Å². The average Bonchev–Trinajstić information content (AvgIpc) is 3.94. The van der Waals surface area contributed by atoms with Gasteiger partial charge in [-0.2, -0.15) is 11.8 Å². The molecule has 1 aliphatic heterocycles. The van der Waals surface area contributed by atoms with Gasteiger partial charge in [-0.15, -0.1) is 0 Å². The van der Waals surface area contributed by atoms with Crippen molar-refractivity contribution in [1.29, 1.82) is 0 Å². The van der Waals surface area contributed by atoms with Crippen molar-refractivity contribution in [2.45, 2.75) is 88.6 Å². The molecule has 0 saturated carbocycles. The Morgan fingerprint density at radius 2 is 1.63 bits per heavy atom. The minimum absolute atomic E-state index is 0.0244. The molecule has 0 spiro atoms. The van der Waals surface area contributed by atoms with E-state index in [0.29, 0.717) is 29.9 Å². The predicted molar refractivity (Wildman–Crippen MR) is 216 cm³/mol. The molecule has 20 nitrogen and oxygen atoms in total. The second kappa shape index (κ2) is 24.4. The number of carboxylic acids is 1. The molecule has 2 aromatic rings. The topological polar surface area (TPSA) is 307 Å². The summed E-state index contributed by atoms with van der Waals surface area (Å²) < 4.78 is 0. The molecule has 0 radical (unpaired) electrons. The Labute approximate surface area is 346 Å². The van der Waals surface area contributed by atoms with E-state index in [2.05, 4.69) is 41.9 Å². The lowest BCUT2D eigenvalue weighted by Crippen LogP contribution is -2.61. The van der Waals surface area contributed by atoms with E-state index in [1.54, 1.807) is 44.2 Å². The van der Waals surface area contributed by atoms with E-state index in [1.807, 2.05) is 6.26 Å². The average molecular weight is 845 g/mol. The van der Waals surface area contributed by atoms with Crippen LogP contribution >= 0.6 is 11.8 Å². The molecular formula is C38H56N10O10S. The summed E-state index contributed by atoms with van der Waals surface area (Å²) in [6, 6.07) is 1.50. The first-order valence-electron chi connectivity index (χ1n) is 19.3. The van der Waals surface area contributed by atoms with Gasteiger partial charge >= 0.3 is 5.97 Å². The molecule has 0 aliphatic carbocycles. The number of rotatable bonds is 24. The van der Waals surface area contributed by atoms with Crippen molar-refractivity contribution < 1.29 is 48.6 Å². The van der Waals surface area contributed by atoms with Crippen LogP contribution < -0.4 is 37.6 Å². The number of amides is 7. The van der Waals surface area contributed by atoms with Crippen molar-refractivity contribution in [3.05, 3.63) is 54.1 Å². The predicted octanol–water partition coefficient (Wildman–Crippen LogP) is -2.44. The maximum Gasteiger partial charge on any atom is 0.326 e. The van der Waals surface area contributed by atoms with Gasteiger partial charge in [-0.05, 0) is 42.8 Å². The van der Waals surface area contributed by atoms with Gasteiger partial charge in [0.05, 0.1) is 26.0 Å². The van der Waals surface area contributed by atoms with Crippen molar-refractivity contribution >= 4 is 59.1 Å². The zero-order chi connectivity index (χ0) is 43.5. The number of nitrogens with zero attached hydrogens (tertiary/aromatic N) is 2. The molecule has 1 saturated heterocycles. The number of hydrogen-bond donors (Lipinski definition) is 10. The Kier molecular flexibility index (Phi) is 19.8. The number of carboxylic acid groups (broad SMARTS) is 1. The molecule has 1 fully saturated rings. The van der Waals surface area contributed by atoms with Crippen LogP contribution in [0.5, 0.6) is 0 Å². The molecule has 0 bridgehead atoms. The van der Waals surface area contributed by atoms with Crippen LogP contribution in [0.4, 0.5) is 0 Å². The Morgan fingerprint density at radius 1 is 0.915 bits per heavy atom. The highest BCUT2D eigenvalue weighted by atomic mass is 32.2. The lowest BCUT2D eigenvalue weighted by molar-refractivity contribution is -0.145. The van der Waals surface area contributed by atoms with Gasteiger partial charge in [0.15, 0.2) is 0 Å². The second-order valence-electron chi connectivity index (χ2n) is 14.1. The third kappa shape index (κ3) is 15.0. The number of aromatic amines is 1. The van der Waals surface area contributed by atoms with Crippen LogP contribution in [0.2, 0.25) is 0 Å². The molecule has 0 unspecified atom stereocenters. The number of aliphatic carboxylic acids is 1. The summed E-state index contributed by atoms with van der Waals surface area (Å²) in [5.41, 5.74) is 6.52. The summed E-state index contributed by atoms with van der Waals surface area (Å²) in [4.78, 5) is 113. The number of nitrogens with one attached hydrogen (secondary N) is 7. The number of aliphatic hydroxyl groups is 1. The Hall–Kier alpha value is -5.54. The molecule has 11 N–H and O–H groups in total. The van der Waals surface area contributed by atoms with Gasteiger partial charge in [0, 0.05) is 31.3 Å². The van der Waals surface area contributed by atoms with Crippen LogP contribution in [-0.2, 0) is 51.2 Å². The number of aromatic nitrogens is 2. The largest absolute Gasteiger partial charge is 0.480 e. The maximum atomic E-state index is 14.2. The third-order valence-corrected chi connectivity index (χ3v) is 10.5. The summed E-state index contributed by atoms with van der Waals surface area (Å²) in [7, 11) is 0. The van der Waals surface area contributed by atoms with E-state index in [1.165, 1.54) is 29.2 Å². The minimum atomic E-state index is -1.54. The number of imidazole rings is 1. The number of benzene rings is 1. The first kappa shape index (κ1) is 47.8. The molecule has 3 rings (SSSR count). The van der Waals surface area contributed by atoms with Gasteiger partial charge in [0.25, 0.3) is 0 Å². The molecular weight excluding hydrogens is 789 g/mol. The van der Waals surface area contributed by atoms with Crippen molar-refractivity contribution in [3.63, 3.8) is 0 Å². The molecule has 59 heavy (non-hydrogen) atoms. The fraction of sp³-hybridized carbons (Fsp3) is 0.553. The standard InChI is InChI=1S/C38H56N10O10S/c1-4-22(2)32(47-34(53)28(20-49)44-31(51)19-41-33(52)25(12-14-59-3)43-30(50)17-39)36(55)45-26(16-24-18-40-21-42-24)37(56)48-13-8-11-29(48)35(54)46-27(38(57)58)15-23-9-6-5-7-10-23/h5-7,9-10,18,21-22,25-29,32,49H,4,8,11-17,19-20,39H2,1-3H3,(H,40,42)(H,41,52)(H,43,50)(H,44,51)(H,45,55)(H,46,54)(H,47,53)(H,57,58)/t22-,25-,26-,27-,28-,29-,32-/m0/s1. The molecule has 21 heteroatoms. The zero-order valence-electron chi connectivity index (χ0n) is 33.4. The van der Waals surface area contributed by atoms with Crippen LogP contribution in [0.3, 0.4) is 0 Å². The van der Waals surface area contributed by atoms with Crippen molar-refractivity contribution in [2.24, 2.45) is 11.7 Å². The Balaban J connectivity index is 1.72. The minimum Gasteiger partial charge on any atom is -0.480 e. The summed E-state index contributed by atoms with van der Waals surface area (Å²) in [5.74, 6) is -6.21. The highest BCUT2D eigenvalue weighted by Crippen LogP contribution is 2.21. The van der Waals surface area contributed by atoms with Crippen LogP contribution in [0.15, 0.2) is 42.9 Å². The van der Waals surface area contributed by atoms with Crippen LogP contribution in [0, 0.1) is 5.92 Å². The van der Waals surface area contributed by atoms with E-state index in [-0.39, 0.29) is 38.8 Å². The smallest absolute Gasteiger partial charge is 0.326 e. The molecule has 1 aromatic heterocycles. The summed E-state index contributed by atoms with van der Waals surface area (Å²) in [6.07, 6.45) is 5.99. The molecule has 1 aromatic carbocycles. The number of carbonyl (C=O) groups excluding carboxylic acids is 7.